The third-order valence-corrected chi connectivity index (χ3v) is 5.75. The number of fused-ring (bicyclic) bond motifs is 2. The topological polar surface area (TPSA) is 55.2 Å². The Morgan fingerprint density at radius 2 is 1.66 bits per heavy atom. The summed E-state index contributed by atoms with van der Waals surface area (Å²) in [4.78, 5) is 33.5. The van der Waals surface area contributed by atoms with Crippen molar-refractivity contribution in [1.82, 2.24) is 9.55 Å². The molecular formula is C27H23N3O2. The molecule has 5 rings (SSSR count). The number of carbonyl (C=O) groups excluding carboxylic acids is 1. The zero-order chi connectivity index (χ0) is 22.4. The minimum absolute atomic E-state index is 0.0121. The lowest BCUT2D eigenvalue weighted by molar-refractivity contribution is -0.113. The van der Waals surface area contributed by atoms with Crippen LogP contribution in [-0.4, -0.2) is 21.5 Å². The van der Waals surface area contributed by atoms with Gasteiger partial charge >= 0.3 is 0 Å². The maximum absolute atomic E-state index is 13.5. The molecule has 0 radical (unpaired) electrons. The van der Waals surface area contributed by atoms with E-state index in [0.717, 1.165) is 22.5 Å². The Labute approximate surface area is 186 Å². The molecule has 5 nitrogen and oxygen atoms in total. The van der Waals surface area contributed by atoms with Gasteiger partial charge in [-0.25, -0.2) is 4.98 Å². The van der Waals surface area contributed by atoms with Crippen molar-refractivity contribution >= 4 is 34.1 Å². The van der Waals surface area contributed by atoms with E-state index in [-0.39, 0.29) is 17.5 Å². The Bertz CT molecular complexity index is 1460. The number of para-hydroxylation sites is 2. The van der Waals surface area contributed by atoms with Gasteiger partial charge in [0.15, 0.2) is 0 Å². The number of carbonyl (C=O) groups is 1. The second kappa shape index (κ2) is 7.61. The van der Waals surface area contributed by atoms with Crippen LogP contribution in [0.25, 0.3) is 28.2 Å². The van der Waals surface area contributed by atoms with Crippen LogP contribution >= 0.6 is 0 Å². The maximum Gasteiger partial charge on any atom is 0.266 e. The van der Waals surface area contributed by atoms with Crippen LogP contribution in [0.4, 0.5) is 5.69 Å². The average Bonchev–Trinajstić information content (AvgIpc) is 3.05. The zero-order valence-electron chi connectivity index (χ0n) is 18.2. The summed E-state index contributed by atoms with van der Waals surface area (Å²) in [6.07, 6.45) is 1.75. The fourth-order valence-electron chi connectivity index (χ4n) is 4.31. The van der Waals surface area contributed by atoms with E-state index in [1.54, 1.807) is 21.6 Å². The maximum atomic E-state index is 13.5. The van der Waals surface area contributed by atoms with Crippen LogP contribution in [0.15, 0.2) is 77.6 Å². The summed E-state index contributed by atoms with van der Waals surface area (Å²) in [6.45, 7) is 5.97. The van der Waals surface area contributed by atoms with E-state index in [1.165, 1.54) is 0 Å². The minimum atomic E-state index is -0.160. The first-order chi connectivity index (χ1) is 15.5. The van der Waals surface area contributed by atoms with E-state index in [0.29, 0.717) is 22.3 Å². The first-order valence-corrected chi connectivity index (χ1v) is 10.7. The number of aromatic nitrogens is 2. The molecule has 5 heteroatoms. The van der Waals surface area contributed by atoms with E-state index in [4.69, 9.17) is 4.98 Å². The molecule has 0 bridgehead atoms. The number of amides is 1. The van der Waals surface area contributed by atoms with Crippen molar-refractivity contribution in [1.29, 1.82) is 0 Å². The molecule has 1 aliphatic heterocycles. The summed E-state index contributed by atoms with van der Waals surface area (Å²) in [5.41, 5.74) is 4.47. The Kier molecular flexibility index (Phi) is 4.74. The molecule has 1 aromatic heterocycles. The normalized spacial score (nSPS) is 14.6. The average molecular weight is 422 g/mol. The van der Waals surface area contributed by atoms with Crippen molar-refractivity contribution in [3.8, 4) is 5.69 Å². The quantitative estimate of drug-likeness (QED) is 0.438. The smallest absolute Gasteiger partial charge is 0.266 e. The van der Waals surface area contributed by atoms with Crippen molar-refractivity contribution in [3.63, 3.8) is 0 Å². The molecule has 0 saturated heterocycles. The highest BCUT2D eigenvalue weighted by atomic mass is 16.2. The third-order valence-electron chi connectivity index (χ3n) is 5.75. The molecule has 32 heavy (non-hydrogen) atoms. The number of benzene rings is 3. The van der Waals surface area contributed by atoms with Gasteiger partial charge in [-0.3, -0.25) is 14.2 Å². The van der Waals surface area contributed by atoms with E-state index in [1.807, 2.05) is 87.5 Å². The summed E-state index contributed by atoms with van der Waals surface area (Å²) < 4.78 is 1.59. The Balaban J connectivity index is 1.82. The molecular weight excluding hydrogens is 398 g/mol. The van der Waals surface area contributed by atoms with Gasteiger partial charge in [-0.05, 0) is 62.7 Å². The first-order valence-electron chi connectivity index (χ1n) is 10.7. The predicted octanol–water partition coefficient (Wildman–Crippen LogP) is 4.99. The van der Waals surface area contributed by atoms with Gasteiger partial charge in [-0.2, -0.15) is 0 Å². The lowest BCUT2D eigenvalue weighted by atomic mass is 10.1. The van der Waals surface area contributed by atoms with Crippen LogP contribution in [0.1, 0.15) is 30.8 Å². The second-order valence-corrected chi connectivity index (χ2v) is 8.31. The molecule has 1 amide bonds. The lowest BCUT2D eigenvalue weighted by Gasteiger charge is -2.21. The highest BCUT2D eigenvalue weighted by molar-refractivity contribution is 6.35. The predicted molar refractivity (Wildman–Crippen MR) is 129 cm³/mol. The van der Waals surface area contributed by atoms with E-state index in [2.05, 4.69) is 0 Å². The van der Waals surface area contributed by atoms with Gasteiger partial charge in [0.2, 0.25) is 0 Å². The Hall–Kier alpha value is -3.99. The van der Waals surface area contributed by atoms with Crippen molar-refractivity contribution in [2.75, 3.05) is 4.90 Å². The van der Waals surface area contributed by atoms with Crippen LogP contribution in [0.5, 0.6) is 0 Å². The van der Waals surface area contributed by atoms with Gasteiger partial charge in [0.05, 0.1) is 27.9 Å². The molecule has 0 N–H and O–H groups in total. The highest BCUT2D eigenvalue weighted by Crippen LogP contribution is 2.38. The number of rotatable bonds is 3. The molecule has 0 aliphatic carbocycles. The third kappa shape index (κ3) is 3.14. The fourth-order valence-corrected chi connectivity index (χ4v) is 4.31. The van der Waals surface area contributed by atoms with E-state index in [9.17, 15) is 9.59 Å². The van der Waals surface area contributed by atoms with Gasteiger partial charge in [-0.1, -0.05) is 42.5 Å². The summed E-state index contributed by atoms with van der Waals surface area (Å²) in [6, 6.07) is 22.8. The van der Waals surface area contributed by atoms with Crippen molar-refractivity contribution in [2.45, 2.75) is 26.8 Å². The standard InChI is InChI=1S/C27H23N3O2/c1-17(2)29-24-14-7-5-11-20(24)22(27(29)32)16-25-28-23-13-6-4-12-21(23)26(31)30(25)19-10-8-9-18(3)15-19/h4-17H,1-3H3/b22-16-. The first kappa shape index (κ1) is 19.9. The Morgan fingerprint density at radius 1 is 0.906 bits per heavy atom. The van der Waals surface area contributed by atoms with Gasteiger partial charge < -0.3 is 4.90 Å². The van der Waals surface area contributed by atoms with Gasteiger partial charge in [-0.15, -0.1) is 0 Å². The molecule has 0 unspecified atom stereocenters. The van der Waals surface area contributed by atoms with Crippen molar-refractivity contribution in [2.24, 2.45) is 0 Å². The monoisotopic (exact) mass is 421 g/mol. The van der Waals surface area contributed by atoms with E-state index < -0.39 is 0 Å². The summed E-state index contributed by atoms with van der Waals surface area (Å²) in [5.74, 6) is 0.349. The molecule has 0 atom stereocenters. The molecule has 158 valence electrons. The van der Waals surface area contributed by atoms with Crippen LogP contribution in [-0.2, 0) is 4.79 Å². The summed E-state index contributed by atoms with van der Waals surface area (Å²) >= 11 is 0. The van der Waals surface area contributed by atoms with E-state index >= 15 is 0 Å². The molecule has 1 aliphatic rings. The Morgan fingerprint density at radius 3 is 2.44 bits per heavy atom. The molecule has 0 spiro atoms. The highest BCUT2D eigenvalue weighted by Gasteiger charge is 2.34. The van der Waals surface area contributed by atoms with Crippen LogP contribution < -0.4 is 10.5 Å². The fraction of sp³-hybridized carbons (Fsp3) is 0.148. The van der Waals surface area contributed by atoms with Crippen LogP contribution in [0.2, 0.25) is 0 Å². The van der Waals surface area contributed by atoms with Gasteiger partial charge in [0.25, 0.3) is 11.5 Å². The molecule has 2 heterocycles. The summed E-state index contributed by atoms with van der Waals surface area (Å²) in [5, 5.41) is 0.540. The number of aryl methyl sites for hydroxylation is 1. The lowest BCUT2D eigenvalue weighted by Crippen LogP contribution is -2.33. The molecule has 4 aromatic rings. The second-order valence-electron chi connectivity index (χ2n) is 8.31. The number of hydrogen-bond donors (Lipinski definition) is 0. The number of nitrogens with zero attached hydrogens (tertiary/aromatic N) is 3. The van der Waals surface area contributed by atoms with Crippen LogP contribution in [0.3, 0.4) is 0 Å². The SMILES string of the molecule is Cc1cccc(-n2c(/C=C3\C(=O)N(C(C)C)c4ccccc43)nc3ccccc3c2=O)c1. The van der Waals surface area contributed by atoms with Gasteiger partial charge in [0, 0.05) is 11.6 Å². The largest absolute Gasteiger partial charge is 0.305 e. The summed E-state index contributed by atoms with van der Waals surface area (Å²) in [7, 11) is 0. The molecule has 3 aromatic carbocycles. The minimum Gasteiger partial charge on any atom is -0.305 e. The van der Waals surface area contributed by atoms with Crippen molar-refractivity contribution in [3.05, 3.63) is 100 Å². The number of anilines is 1. The zero-order valence-corrected chi connectivity index (χ0v) is 18.2. The molecule has 0 saturated carbocycles. The van der Waals surface area contributed by atoms with Gasteiger partial charge in [0.1, 0.15) is 5.82 Å². The van der Waals surface area contributed by atoms with Crippen molar-refractivity contribution < 1.29 is 4.79 Å². The molecule has 0 fully saturated rings. The number of hydrogen-bond acceptors (Lipinski definition) is 3. The van der Waals surface area contributed by atoms with Crippen LogP contribution in [0, 0.1) is 6.92 Å².